The Labute approximate surface area is 273 Å². The van der Waals surface area contributed by atoms with E-state index >= 15 is 0 Å². The molecule has 0 aliphatic carbocycles. The zero-order chi connectivity index (χ0) is 32.6. The molecule has 3 fully saturated rings. The highest BCUT2D eigenvalue weighted by Crippen LogP contribution is 2.47. The fraction of sp³-hybridized carbons (Fsp3) is 0.485. The number of aromatic amines is 1. The predicted octanol–water partition coefficient (Wildman–Crippen LogP) is 3.93. The zero-order valence-electron chi connectivity index (χ0n) is 25.9. The van der Waals surface area contributed by atoms with Gasteiger partial charge in [-0.2, -0.15) is 24.4 Å². The second-order valence-electron chi connectivity index (χ2n) is 12.4. The van der Waals surface area contributed by atoms with Crippen molar-refractivity contribution in [1.29, 1.82) is 0 Å². The Morgan fingerprint density at radius 1 is 1.09 bits per heavy atom. The second kappa shape index (κ2) is 13.6. The highest BCUT2D eigenvalue weighted by molar-refractivity contribution is 8.06. The molecular formula is C33H42N4O6S2. The third-order valence-electron chi connectivity index (χ3n) is 9.56. The van der Waals surface area contributed by atoms with Gasteiger partial charge in [0, 0.05) is 93.0 Å². The number of thioether (sulfide) groups is 1. The lowest BCUT2D eigenvalue weighted by Gasteiger charge is -2.21. The number of allylic oxidation sites excluding steroid dienone is 2. The molecule has 4 aliphatic heterocycles. The smallest absolute Gasteiger partial charge is 0.328 e. The SMILES string of the molecule is CC1=C(CCC(=O)O)/C(=C/c2[nH]c(/C=C3\NC(O)[C@H](C)[C@H]3[C@@H]3CS3)c(C)c2/C=C/C(=O)O)NC1C[C@H]1NC(=O)/C(=C\CS)C1C. The normalized spacial score (nSPS) is 32.2. The fourth-order valence-corrected chi connectivity index (χ4v) is 7.94. The molecule has 4 aliphatic rings. The van der Waals surface area contributed by atoms with Crippen LogP contribution in [0.15, 0.2) is 40.3 Å². The van der Waals surface area contributed by atoms with E-state index in [0.29, 0.717) is 35.1 Å². The number of aromatic nitrogens is 1. The number of nitrogens with one attached hydrogen (secondary N) is 4. The minimum absolute atomic E-state index is 0.00691. The molecule has 0 bridgehead atoms. The van der Waals surface area contributed by atoms with Crippen molar-refractivity contribution in [2.45, 2.75) is 70.5 Å². The van der Waals surface area contributed by atoms with Crippen LogP contribution >= 0.6 is 24.4 Å². The zero-order valence-corrected chi connectivity index (χ0v) is 27.6. The van der Waals surface area contributed by atoms with E-state index in [1.54, 1.807) is 6.08 Å². The molecule has 242 valence electrons. The van der Waals surface area contributed by atoms with Crippen LogP contribution in [0, 0.1) is 24.7 Å². The monoisotopic (exact) mass is 654 g/mol. The molecule has 3 unspecified atom stereocenters. The standard InChI is InChI=1S/C33H42N4O6S2/c1-15-19(5-7-29(38)39)25(34-22(15)11-24-17(3)21(9-10-44)33(43)36-24)13-26-20(6-8-30(40)41)16(2)23(35-26)12-27-31(28-14-45-28)18(4)32(42)37-27/h6,8-9,12-13,17-18,22,24,28,31-32,34-35,37,42,44H,5,7,10-11,14H2,1-4H3,(H,36,43)(H,38,39)(H,40,41)/b8-6+,21-9-,25-13-,27-12-/t17?,18-,22?,24-,28+,31-,32?/m1/s1. The molecule has 12 heteroatoms. The van der Waals surface area contributed by atoms with E-state index in [0.717, 1.165) is 51.2 Å². The van der Waals surface area contributed by atoms with Crippen molar-refractivity contribution in [3.05, 3.63) is 62.8 Å². The quantitative estimate of drug-likeness (QED) is 0.100. The van der Waals surface area contributed by atoms with Crippen molar-refractivity contribution in [2.75, 3.05) is 11.5 Å². The van der Waals surface area contributed by atoms with Crippen molar-refractivity contribution >= 4 is 60.5 Å². The van der Waals surface area contributed by atoms with Crippen LogP contribution in [0.25, 0.3) is 18.2 Å². The molecule has 0 spiro atoms. The van der Waals surface area contributed by atoms with Crippen LogP contribution < -0.4 is 16.0 Å². The maximum atomic E-state index is 12.6. The summed E-state index contributed by atoms with van der Waals surface area (Å²) in [5.74, 6) is -0.229. The summed E-state index contributed by atoms with van der Waals surface area (Å²) in [7, 11) is 0. The van der Waals surface area contributed by atoms with Crippen LogP contribution in [0.4, 0.5) is 0 Å². The van der Waals surface area contributed by atoms with Crippen molar-refractivity contribution in [1.82, 2.24) is 20.9 Å². The first-order valence-electron chi connectivity index (χ1n) is 15.3. The predicted molar refractivity (Wildman–Crippen MR) is 180 cm³/mol. The first-order chi connectivity index (χ1) is 21.4. The van der Waals surface area contributed by atoms with Gasteiger partial charge >= 0.3 is 11.9 Å². The van der Waals surface area contributed by atoms with E-state index in [4.69, 9.17) is 0 Å². The van der Waals surface area contributed by atoms with Crippen LogP contribution in [0.3, 0.4) is 0 Å². The van der Waals surface area contributed by atoms with Crippen molar-refractivity contribution in [3.8, 4) is 0 Å². The highest BCUT2D eigenvalue weighted by Gasteiger charge is 2.45. The number of carboxylic acid groups (broad SMARTS) is 2. The molecule has 7 atom stereocenters. The molecule has 1 aromatic heterocycles. The van der Waals surface area contributed by atoms with Gasteiger partial charge in [-0.15, -0.1) is 0 Å². The molecule has 5 rings (SSSR count). The van der Waals surface area contributed by atoms with Gasteiger partial charge in [0.1, 0.15) is 6.23 Å². The van der Waals surface area contributed by atoms with Gasteiger partial charge in [0.2, 0.25) is 5.91 Å². The summed E-state index contributed by atoms with van der Waals surface area (Å²) in [5, 5.41) is 39.9. The number of carbonyl (C=O) groups excluding carboxylic acids is 1. The maximum Gasteiger partial charge on any atom is 0.328 e. The second-order valence-corrected chi connectivity index (χ2v) is 14.0. The Hall–Kier alpha value is -3.35. The molecule has 10 nitrogen and oxygen atoms in total. The summed E-state index contributed by atoms with van der Waals surface area (Å²) in [6.07, 6.45) is 8.74. The lowest BCUT2D eigenvalue weighted by atomic mass is 9.90. The molecular weight excluding hydrogens is 613 g/mol. The summed E-state index contributed by atoms with van der Waals surface area (Å²) in [6.45, 7) is 8.00. The molecule has 0 radical (unpaired) electrons. The van der Waals surface area contributed by atoms with Crippen LogP contribution in [-0.2, 0) is 14.4 Å². The summed E-state index contributed by atoms with van der Waals surface area (Å²) < 4.78 is 0. The van der Waals surface area contributed by atoms with E-state index in [1.807, 2.05) is 57.7 Å². The third kappa shape index (κ3) is 7.07. The Bertz CT molecular complexity index is 1540. The Kier molecular flexibility index (Phi) is 9.95. The molecule has 7 N–H and O–H groups in total. The largest absolute Gasteiger partial charge is 0.481 e. The van der Waals surface area contributed by atoms with Crippen LogP contribution in [0.5, 0.6) is 0 Å². The minimum Gasteiger partial charge on any atom is -0.481 e. The lowest BCUT2D eigenvalue weighted by Crippen LogP contribution is -2.36. The summed E-state index contributed by atoms with van der Waals surface area (Å²) in [6, 6.07) is -0.216. The number of hydrogen-bond donors (Lipinski definition) is 8. The number of carboxylic acids is 2. The molecule has 45 heavy (non-hydrogen) atoms. The van der Waals surface area contributed by atoms with Gasteiger partial charge in [0.05, 0.1) is 0 Å². The molecule has 3 saturated heterocycles. The number of hydrogen-bond acceptors (Lipinski definition) is 8. The summed E-state index contributed by atoms with van der Waals surface area (Å²) in [4.78, 5) is 39.2. The van der Waals surface area contributed by atoms with E-state index in [2.05, 4.69) is 33.6 Å². The van der Waals surface area contributed by atoms with E-state index in [-0.39, 0.29) is 42.2 Å². The van der Waals surface area contributed by atoms with Gasteiger partial charge in [0.15, 0.2) is 0 Å². The first kappa shape index (κ1) is 33.0. The van der Waals surface area contributed by atoms with Gasteiger partial charge in [-0.05, 0) is 61.6 Å². The first-order valence-corrected chi connectivity index (χ1v) is 17.0. The maximum absolute atomic E-state index is 12.6. The Morgan fingerprint density at radius 2 is 1.82 bits per heavy atom. The number of aliphatic hydroxyl groups excluding tert-OH is 1. The molecule has 0 saturated carbocycles. The number of aliphatic carboxylic acids is 2. The average Bonchev–Trinajstić information content (AvgIpc) is 3.56. The number of amides is 1. The summed E-state index contributed by atoms with van der Waals surface area (Å²) in [5.41, 5.74) is 7.43. The number of rotatable bonds is 11. The highest BCUT2D eigenvalue weighted by atomic mass is 32.2. The van der Waals surface area contributed by atoms with E-state index in [1.165, 1.54) is 0 Å². The Balaban J connectivity index is 1.51. The molecule has 1 aromatic rings. The Morgan fingerprint density at radius 3 is 2.47 bits per heavy atom. The topological polar surface area (TPSA) is 164 Å². The van der Waals surface area contributed by atoms with Crippen molar-refractivity contribution in [3.63, 3.8) is 0 Å². The number of thiol groups is 1. The molecule has 5 heterocycles. The summed E-state index contributed by atoms with van der Waals surface area (Å²) >= 11 is 6.14. The molecule has 1 amide bonds. The van der Waals surface area contributed by atoms with E-state index < -0.39 is 18.2 Å². The van der Waals surface area contributed by atoms with Crippen LogP contribution in [0.1, 0.15) is 62.5 Å². The minimum atomic E-state index is -1.06. The number of aliphatic hydroxyl groups is 1. The van der Waals surface area contributed by atoms with E-state index in [9.17, 15) is 29.7 Å². The van der Waals surface area contributed by atoms with Crippen molar-refractivity contribution in [2.24, 2.45) is 17.8 Å². The van der Waals surface area contributed by atoms with Gasteiger partial charge in [-0.25, -0.2) is 4.79 Å². The van der Waals surface area contributed by atoms with Gasteiger partial charge in [0.25, 0.3) is 0 Å². The van der Waals surface area contributed by atoms with Gasteiger partial charge in [-0.1, -0.05) is 19.9 Å². The number of H-pyrrole nitrogens is 1. The lowest BCUT2D eigenvalue weighted by molar-refractivity contribution is -0.137. The van der Waals surface area contributed by atoms with Gasteiger partial charge < -0.3 is 36.3 Å². The fourth-order valence-electron chi connectivity index (χ4n) is 6.83. The molecule has 0 aromatic carbocycles. The van der Waals surface area contributed by atoms with Crippen LogP contribution in [0.2, 0.25) is 0 Å². The number of carbonyl (C=O) groups is 3. The van der Waals surface area contributed by atoms with Crippen LogP contribution in [-0.4, -0.2) is 73.2 Å². The van der Waals surface area contributed by atoms with Crippen molar-refractivity contribution < 1.29 is 29.7 Å². The third-order valence-corrected chi connectivity index (χ3v) is 10.8. The van der Waals surface area contributed by atoms with Gasteiger partial charge in [-0.3, -0.25) is 9.59 Å². The average molecular weight is 655 g/mol.